The van der Waals surface area contributed by atoms with Gasteiger partial charge < -0.3 is 10.1 Å². The Bertz CT molecular complexity index is 350. The standard InChI is InChI=1S/C13H21ClN2O/c1-13(2,3)10(8-9-14)15-11-6-5-7-12(16-11)17-4/h5-7,10H,8-9H2,1-4H3,(H,15,16). The van der Waals surface area contributed by atoms with E-state index in [1.54, 1.807) is 7.11 Å². The first-order valence-corrected chi connectivity index (χ1v) is 6.34. The number of halogens is 1. The average Bonchev–Trinajstić information content (AvgIpc) is 2.27. The van der Waals surface area contributed by atoms with Crippen LogP contribution in [0.3, 0.4) is 0 Å². The molecule has 0 radical (unpaired) electrons. The zero-order chi connectivity index (χ0) is 12.9. The van der Waals surface area contributed by atoms with Crippen LogP contribution in [0.5, 0.6) is 5.88 Å². The van der Waals surface area contributed by atoms with Crippen molar-refractivity contribution in [2.24, 2.45) is 5.41 Å². The van der Waals surface area contributed by atoms with Crippen molar-refractivity contribution in [3.05, 3.63) is 18.2 Å². The third-order valence-corrected chi connectivity index (χ3v) is 2.92. The van der Waals surface area contributed by atoms with Crippen molar-refractivity contribution in [1.29, 1.82) is 0 Å². The number of hydrogen-bond donors (Lipinski definition) is 1. The molecule has 1 rings (SSSR count). The molecule has 0 fully saturated rings. The van der Waals surface area contributed by atoms with E-state index >= 15 is 0 Å². The van der Waals surface area contributed by atoms with Gasteiger partial charge in [0.25, 0.3) is 0 Å². The van der Waals surface area contributed by atoms with Crippen molar-refractivity contribution in [3.63, 3.8) is 0 Å². The van der Waals surface area contributed by atoms with E-state index in [0.717, 1.165) is 12.2 Å². The highest BCUT2D eigenvalue weighted by Gasteiger charge is 2.24. The van der Waals surface area contributed by atoms with E-state index in [1.807, 2.05) is 18.2 Å². The summed E-state index contributed by atoms with van der Waals surface area (Å²) in [6.45, 7) is 6.58. The molecule has 0 saturated heterocycles. The van der Waals surface area contributed by atoms with Crippen molar-refractivity contribution in [1.82, 2.24) is 4.98 Å². The lowest BCUT2D eigenvalue weighted by Gasteiger charge is -2.31. The molecule has 1 unspecified atom stereocenters. The van der Waals surface area contributed by atoms with Crippen molar-refractivity contribution >= 4 is 17.4 Å². The Kier molecular flexibility index (Phi) is 5.06. The molecule has 96 valence electrons. The van der Waals surface area contributed by atoms with Crippen LogP contribution in [0.25, 0.3) is 0 Å². The summed E-state index contributed by atoms with van der Waals surface area (Å²) in [6, 6.07) is 5.99. The molecule has 0 saturated carbocycles. The van der Waals surface area contributed by atoms with Gasteiger partial charge in [0.15, 0.2) is 0 Å². The maximum absolute atomic E-state index is 5.84. The molecule has 0 aromatic carbocycles. The molecule has 0 aliphatic carbocycles. The lowest BCUT2D eigenvalue weighted by atomic mass is 9.85. The zero-order valence-electron chi connectivity index (χ0n) is 11.0. The summed E-state index contributed by atoms with van der Waals surface area (Å²) in [4.78, 5) is 4.35. The summed E-state index contributed by atoms with van der Waals surface area (Å²) in [7, 11) is 1.62. The smallest absolute Gasteiger partial charge is 0.214 e. The predicted octanol–water partition coefficient (Wildman–Crippen LogP) is 3.55. The summed E-state index contributed by atoms with van der Waals surface area (Å²) >= 11 is 5.84. The van der Waals surface area contributed by atoms with Crippen LogP contribution in [0.15, 0.2) is 18.2 Å². The quantitative estimate of drug-likeness (QED) is 0.819. The Labute approximate surface area is 109 Å². The van der Waals surface area contributed by atoms with E-state index in [1.165, 1.54) is 0 Å². The fourth-order valence-electron chi connectivity index (χ4n) is 1.62. The summed E-state index contributed by atoms with van der Waals surface area (Å²) in [6.07, 6.45) is 0.907. The molecule has 0 spiro atoms. The first-order chi connectivity index (χ1) is 7.97. The van der Waals surface area contributed by atoms with Crippen LogP contribution in [0.1, 0.15) is 27.2 Å². The Morgan fingerprint density at radius 3 is 2.65 bits per heavy atom. The minimum Gasteiger partial charge on any atom is -0.481 e. The lowest BCUT2D eigenvalue weighted by molar-refractivity contribution is 0.333. The molecule has 0 amide bonds. The van der Waals surface area contributed by atoms with Gasteiger partial charge in [-0.2, -0.15) is 4.98 Å². The zero-order valence-corrected chi connectivity index (χ0v) is 11.7. The molecular formula is C13H21ClN2O. The first kappa shape index (κ1) is 14.1. The second-order valence-electron chi connectivity index (χ2n) is 5.11. The number of alkyl halides is 1. The molecule has 1 atom stereocenters. The van der Waals surface area contributed by atoms with Crippen LogP contribution in [0, 0.1) is 5.41 Å². The van der Waals surface area contributed by atoms with Gasteiger partial charge in [0, 0.05) is 18.0 Å². The SMILES string of the molecule is COc1cccc(NC(CCCl)C(C)(C)C)n1. The highest BCUT2D eigenvalue weighted by Crippen LogP contribution is 2.25. The number of methoxy groups -OCH3 is 1. The summed E-state index contributed by atoms with van der Waals surface area (Å²) < 4.78 is 5.10. The highest BCUT2D eigenvalue weighted by molar-refractivity contribution is 6.17. The van der Waals surface area contributed by atoms with Gasteiger partial charge in [-0.05, 0) is 17.9 Å². The third-order valence-electron chi connectivity index (χ3n) is 2.70. The molecule has 1 heterocycles. The maximum Gasteiger partial charge on any atom is 0.214 e. The van der Waals surface area contributed by atoms with Crippen LogP contribution in [-0.2, 0) is 0 Å². The van der Waals surface area contributed by atoms with E-state index in [2.05, 4.69) is 31.1 Å². The van der Waals surface area contributed by atoms with Crippen molar-refractivity contribution in [2.75, 3.05) is 18.3 Å². The number of anilines is 1. The van der Waals surface area contributed by atoms with Gasteiger partial charge in [-0.25, -0.2) is 0 Å². The fourth-order valence-corrected chi connectivity index (χ4v) is 1.84. The number of ether oxygens (including phenoxy) is 1. The van der Waals surface area contributed by atoms with E-state index in [0.29, 0.717) is 17.8 Å². The molecular weight excluding hydrogens is 236 g/mol. The van der Waals surface area contributed by atoms with Gasteiger partial charge in [-0.15, -0.1) is 11.6 Å². The third kappa shape index (κ3) is 4.43. The van der Waals surface area contributed by atoms with Gasteiger partial charge in [0.2, 0.25) is 5.88 Å². The molecule has 17 heavy (non-hydrogen) atoms. The largest absolute Gasteiger partial charge is 0.481 e. The Balaban J connectivity index is 2.78. The van der Waals surface area contributed by atoms with Crippen LogP contribution in [0.2, 0.25) is 0 Å². The van der Waals surface area contributed by atoms with Crippen molar-refractivity contribution in [3.8, 4) is 5.88 Å². The molecule has 4 heteroatoms. The van der Waals surface area contributed by atoms with Gasteiger partial charge in [0.05, 0.1) is 7.11 Å². The second-order valence-corrected chi connectivity index (χ2v) is 5.48. The van der Waals surface area contributed by atoms with Crippen LogP contribution in [0.4, 0.5) is 5.82 Å². The predicted molar refractivity (Wildman–Crippen MR) is 73.0 cm³/mol. The molecule has 3 nitrogen and oxygen atoms in total. The molecule has 1 N–H and O–H groups in total. The number of rotatable bonds is 5. The topological polar surface area (TPSA) is 34.1 Å². The molecule has 0 bridgehead atoms. The van der Waals surface area contributed by atoms with E-state index in [-0.39, 0.29) is 5.41 Å². The van der Waals surface area contributed by atoms with Crippen molar-refractivity contribution in [2.45, 2.75) is 33.2 Å². The minimum atomic E-state index is 0.139. The van der Waals surface area contributed by atoms with Crippen LogP contribution in [-0.4, -0.2) is 24.0 Å². The van der Waals surface area contributed by atoms with E-state index in [9.17, 15) is 0 Å². The van der Waals surface area contributed by atoms with Gasteiger partial charge >= 0.3 is 0 Å². The molecule has 1 aromatic heterocycles. The summed E-state index contributed by atoms with van der Waals surface area (Å²) in [5.41, 5.74) is 0.139. The Morgan fingerprint density at radius 2 is 2.12 bits per heavy atom. The van der Waals surface area contributed by atoms with Crippen molar-refractivity contribution < 1.29 is 4.74 Å². The molecule has 1 aromatic rings. The Morgan fingerprint density at radius 1 is 1.41 bits per heavy atom. The van der Waals surface area contributed by atoms with E-state index < -0.39 is 0 Å². The molecule has 0 aliphatic heterocycles. The molecule has 0 aliphatic rings. The van der Waals surface area contributed by atoms with Crippen LogP contribution < -0.4 is 10.1 Å². The normalized spacial score (nSPS) is 13.2. The highest BCUT2D eigenvalue weighted by atomic mass is 35.5. The average molecular weight is 257 g/mol. The number of hydrogen-bond acceptors (Lipinski definition) is 3. The summed E-state index contributed by atoms with van der Waals surface area (Å²) in [5.74, 6) is 2.08. The maximum atomic E-state index is 5.84. The number of aromatic nitrogens is 1. The first-order valence-electron chi connectivity index (χ1n) is 5.81. The fraction of sp³-hybridized carbons (Fsp3) is 0.615. The van der Waals surface area contributed by atoms with Gasteiger partial charge in [-0.3, -0.25) is 0 Å². The van der Waals surface area contributed by atoms with Gasteiger partial charge in [-0.1, -0.05) is 26.8 Å². The van der Waals surface area contributed by atoms with Gasteiger partial charge in [0.1, 0.15) is 5.82 Å². The second kappa shape index (κ2) is 6.10. The Hall–Kier alpha value is -0.960. The monoisotopic (exact) mass is 256 g/mol. The number of nitrogens with one attached hydrogen (secondary N) is 1. The number of pyridine rings is 1. The summed E-state index contributed by atoms with van der Waals surface area (Å²) in [5, 5.41) is 3.42. The lowest BCUT2D eigenvalue weighted by Crippen LogP contribution is -2.34. The van der Waals surface area contributed by atoms with E-state index in [4.69, 9.17) is 16.3 Å². The minimum absolute atomic E-state index is 0.139. The number of nitrogens with zero attached hydrogens (tertiary/aromatic N) is 1. The van der Waals surface area contributed by atoms with Crippen LogP contribution >= 0.6 is 11.6 Å².